The molecule has 1 aromatic heterocycles. The van der Waals surface area contributed by atoms with E-state index in [1.165, 1.54) is 5.56 Å². The molecule has 0 aliphatic rings. The van der Waals surface area contributed by atoms with Crippen LogP contribution < -0.4 is 11.3 Å². The Morgan fingerprint density at radius 1 is 1.24 bits per heavy atom. The number of nitrogens with one attached hydrogen (secondary N) is 1. The van der Waals surface area contributed by atoms with Crippen LogP contribution in [0.4, 0.5) is 0 Å². The maximum Gasteiger partial charge on any atom is 0.0883 e. The lowest BCUT2D eigenvalue weighted by molar-refractivity contribution is 0.618. The smallest absolute Gasteiger partial charge is 0.0883 e. The zero-order valence-electron chi connectivity index (χ0n) is 9.52. The van der Waals surface area contributed by atoms with Gasteiger partial charge in [0.15, 0.2) is 0 Å². The standard InChI is InChI=1S/C13H14ClN3/c1-9-4-2-3-5-11(9)13(17-15)12-7-6-10(14)8-16-12/h2-8,13,17H,15H2,1H3. The molecule has 0 fully saturated rings. The molecule has 4 heteroatoms. The van der Waals surface area contributed by atoms with E-state index in [2.05, 4.69) is 23.4 Å². The molecule has 2 aromatic rings. The number of aryl methyl sites for hydroxylation is 1. The van der Waals surface area contributed by atoms with Crippen LogP contribution in [-0.4, -0.2) is 4.98 Å². The van der Waals surface area contributed by atoms with Crippen LogP contribution in [0.3, 0.4) is 0 Å². The second kappa shape index (κ2) is 5.27. The molecule has 3 nitrogen and oxygen atoms in total. The minimum absolute atomic E-state index is 0.117. The number of rotatable bonds is 3. The van der Waals surface area contributed by atoms with Crippen molar-refractivity contribution in [3.05, 3.63) is 64.4 Å². The third kappa shape index (κ3) is 2.64. The molecule has 2 rings (SSSR count). The van der Waals surface area contributed by atoms with Gasteiger partial charge in [-0.3, -0.25) is 10.8 Å². The highest BCUT2D eigenvalue weighted by Crippen LogP contribution is 2.23. The van der Waals surface area contributed by atoms with Gasteiger partial charge in [-0.1, -0.05) is 35.9 Å². The summed E-state index contributed by atoms with van der Waals surface area (Å²) in [5.41, 5.74) is 5.93. The molecular formula is C13H14ClN3. The van der Waals surface area contributed by atoms with Crippen molar-refractivity contribution in [2.24, 2.45) is 5.84 Å². The molecule has 17 heavy (non-hydrogen) atoms. The predicted octanol–water partition coefficient (Wildman–Crippen LogP) is 2.60. The van der Waals surface area contributed by atoms with E-state index in [9.17, 15) is 0 Å². The van der Waals surface area contributed by atoms with Crippen LogP contribution in [0.2, 0.25) is 5.02 Å². The molecule has 1 unspecified atom stereocenters. The molecular weight excluding hydrogens is 234 g/mol. The Labute approximate surface area is 106 Å². The molecule has 0 aliphatic heterocycles. The molecule has 0 bridgehead atoms. The summed E-state index contributed by atoms with van der Waals surface area (Å²) in [4.78, 5) is 4.29. The van der Waals surface area contributed by atoms with Crippen LogP contribution >= 0.6 is 11.6 Å². The Hall–Kier alpha value is -1.42. The zero-order valence-corrected chi connectivity index (χ0v) is 10.3. The summed E-state index contributed by atoms with van der Waals surface area (Å²) >= 11 is 5.82. The average molecular weight is 248 g/mol. The van der Waals surface area contributed by atoms with Gasteiger partial charge in [-0.2, -0.15) is 0 Å². The highest BCUT2D eigenvalue weighted by molar-refractivity contribution is 6.30. The summed E-state index contributed by atoms with van der Waals surface area (Å²) in [6.07, 6.45) is 1.62. The van der Waals surface area contributed by atoms with Gasteiger partial charge in [0.2, 0.25) is 0 Å². The fourth-order valence-corrected chi connectivity index (χ4v) is 1.91. The number of hydrazine groups is 1. The van der Waals surface area contributed by atoms with E-state index in [1.807, 2.05) is 30.3 Å². The van der Waals surface area contributed by atoms with Crippen molar-refractivity contribution in [3.8, 4) is 0 Å². The van der Waals surface area contributed by atoms with Gasteiger partial charge < -0.3 is 0 Å². The maximum absolute atomic E-state index is 5.82. The molecule has 0 aliphatic carbocycles. The van der Waals surface area contributed by atoms with Crippen LogP contribution in [0.5, 0.6) is 0 Å². The summed E-state index contributed by atoms with van der Waals surface area (Å²) in [5.74, 6) is 5.62. The number of halogens is 1. The van der Waals surface area contributed by atoms with Crippen LogP contribution in [-0.2, 0) is 0 Å². The van der Waals surface area contributed by atoms with Gasteiger partial charge >= 0.3 is 0 Å². The van der Waals surface area contributed by atoms with Crippen molar-refractivity contribution in [1.82, 2.24) is 10.4 Å². The minimum atomic E-state index is -0.117. The van der Waals surface area contributed by atoms with Crippen molar-refractivity contribution >= 4 is 11.6 Å². The topological polar surface area (TPSA) is 50.9 Å². The van der Waals surface area contributed by atoms with Gasteiger partial charge in [0.1, 0.15) is 0 Å². The monoisotopic (exact) mass is 247 g/mol. The summed E-state index contributed by atoms with van der Waals surface area (Å²) in [5, 5.41) is 0.620. The molecule has 3 N–H and O–H groups in total. The van der Waals surface area contributed by atoms with E-state index in [0.717, 1.165) is 11.3 Å². The Kier molecular flexibility index (Phi) is 3.74. The minimum Gasteiger partial charge on any atom is -0.271 e. The summed E-state index contributed by atoms with van der Waals surface area (Å²) in [6, 6.07) is 11.6. The first kappa shape index (κ1) is 12.0. The molecule has 1 atom stereocenters. The number of aromatic nitrogens is 1. The van der Waals surface area contributed by atoms with Crippen molar-refractivity contribution in [3.63, 3.8) is 0 Å². The van der Waals surface area contributed by atoms with Gasteiger partial charge in [0.05, 0.1) is 16.8 Å². The average Bonchev–Trinajstić information content (AvgIpc) is 2.35. The lowest BCUT2D eigenvalue weighted by atomic mass is 9.99. The number of nitrogens with two attached hydrogens (primary N) is 1. The molecule has 1 heterocycles. The second-order valence-electron chi connectivity index (χ2n) is 3.86. The molecule has 0 spiro atoms. The van der Waals surface area contributed by atoms with Gasteiger partial charge in [-0.25, -0.2) is 5.43 Å². The molecule has 88 valence electrons. The first-order valence-electron chi connectivity index (χ1n) is 5.35. The van der Waals surface area contributed by atoms with Crippen LogP contribution in [0.25, 0.3) is 0 Å². The first-order valence-corrected chi connectivity index (χ1v) is 5.73. The van der Waals surface area contributed by atoms with E-state index < -0.39 is 0 Å². The van der Waals surface area contributed by atoms with E-state index in [1.54, 1.807) is 6.20 Å². The Balaban J connectivity index is 2.40. The molecule has 0 amide bonds. The van der Waals surface area contributed by atoms with Crippen molar-refractivity contribution in [2.75, 3.05) is 0 Å². The molecule has 0 saturated carbocycles. The molecule has 0 saturated heterocycles. The van der Waals surface area contributed by atoms with E-state index in [-0.39, 0.29) is 6.04 Å². The Morgan fingerprint density at radius 2 is 2.00 bits per heavy atom. The number of hydrogen-bond donors (Lipinski definition) is 2. The number of pyridine rings is 1. The third-order valence-corrected chi connectivity index (χ3v) is 2.94. The number of benzene rings is 1. The van der Waals surface area contributed by atoms with Gasteiger partial charge in [-0.05, 0) is 30.2 Å². The largest absolute Gasteiger partial charge is 0.271 e. The maximum atomic E-state index is 5.82. The van der Waals surface area contributed by atoms with Crippen molar-refractivity contribution < 1.29 is 0 Å². The molecule has 0 radical (unpaired) electrons. The first-order chi connectivity index (χ1) is 8.22. The van der Waals surface area contributed by atoms with Gasteiger partial charge in [0.25, 0.3) is 0 Å². The summed E-state index contributed by atoms with van der Waals surface area (Å²) in [7, 11) is 0. The van der Waals surface area contributed by atoms with Crippen LogP contribution in [0.1, 0.15) is 22.9 Å². The number of nitrogens with zero attached hydrogens (tertiary/aromatic N) is 1. The van der Waals surface area contributed by atoms with Crippen LogP contribution in [0.15, 0.2) is 42.6 Å². The second-order valence-corrected chi connectivity index (χ2v) is 4.29. The summed E-state index contributed by atoms with van der Waals surface area (Å²) < 4.78 is 0. The van der Waals surface area contributed by atoms with Crippen molar-refractivity contribution in [2.45, 2.75) is 13.0 Å². The third-order valence-electron chi connectivity index (χ3n) is 2.71. The lowest BCUT2D eigenvalue weighted by Crippen LogP contribution is -2.30. The quantitative estimate of drug-likeness (QED) is 0.648. The van der Waals surface area contributed by atoms with Gasteiger partial charge in [-0.15, -0.1) is 0 Å². The molecule has 1 aromatic carbocycles. The van der Waals surface area contributed by atoms with Crippen molar-refractivity contribution in [1.29, 1.82) is 0 Å². The Morgan fingerprint density at radius 3 is 2.59 bits per heavy atom. The van der Waals surface area contributed by atoms with E-state index in [4.69, 9.17) is 17.4 Å². The lowest BCUT2D eigenvalue weighted by Gasteiger charge is -2.17. The van der Waals surface area contributed by atoms with E-state index in [0.29, 0.717) is 5.02 Å². The Bertz CT molecular complexity index is 496. The fourth-order valence-electron chi connectivity index (χ4n) is 1.80. The highest BCUT2D eigenvalue weighted by atomic mass is 35.5. The van der Waals surface area contributed by atoms with Gasteiger partial charge in [0, 0.05) is 6.20 Å². The highest BCUT2D eigenvalue weighted by Gasteiger charge is 2.15. The SMILES string of the molecule is Cc1ccccc1C(NN)c1ccc(Cl)cn1. The fraction of sp³-hybridized carbons (Fsp3) is 0.154. The van der Waals surface area contributed by atoms with E-state index >= 15 is 0 Å². The summed E-state index contributed by atoms with van der Waals surface area (Å²) in [6.45, 7) is 2.05. The normalized spacial score (nSPS) is 12.4. The number of hydrogen-bond acceptors (Lipinski definition) is 3. The zero-order chi connectivity index (χ0) is 12.3. The van der Waals surface area contributed by atoms with Crippen LogP contribution in [0, 0.1) is 6.92 Å². The predicted molar refractivity (Wildman–Crippen MR) is 69.6 cm³/mol.